The number of ether oxygens (including phenoxy) is 1. The zero-order valence-electron chi connectivity index (χ0n) is 21.5. The number of aliphatic hydroxyl groups is 1. The van der Waals surface area contributed by atoms with Crippen molar-refractivity contribution in [2.24, 2.45) is 0 Å². The maximum atomic E-state index is 13.7. The van der Waals surface area contributed by atoms with Crippen LogP contribution in [0.5, 0.6) is 5.75 Å². The topological polar surface area (TPSA) is 128 Å². The molecule has 0 aliphatic rings. The van der Waals surface area contributed by atoms with E-state index in [0.717, 1.165) is 10.8 Å². The third-order valence-electron chi connectivity index (χ3n) is 5.58. The van der Waals surface area contributed by atoms with Crippen LogP contribution in [0.15, 0.2) is 66.7 Å². The van der Waals surface area contributed by atoms with Gasteiger partial charge in [0.25, 0.3) is 5.91 Å². The monoisotopic (exact) mass is 539 g/mol. The number of hydrogen-bond donors (Lipinski definition) is 5. The van der Waals surface area contributed by atoms with E-state index < -0.39 is 42.2 Å². The summed E-state index contributed by atoms with van der Waals surface area (Å²) in [6.07, 6.45) is -0.810. The predicted molar refractivity (Wildman–Crippen MR) is 149 cm³/mol. The fraction of sp³-hybridized carbons (Fsp3) is 0.321. The molecular weight excluding hydrogens is 506 g/mol. The first-order valence-corrected chi connectivity index (χ1v) is 12.8. The van der Waals surface area contributed by atoms with Crippen LogP contribution in [0.25, 0.3) is 10.8 Å². The number of phenolic OH excluding ortho intramolecular Hbond substituents is 1. The maximum Gasteiger partial charge on any atom is 0.408 e. The summed E-state index contributed by atoms with van der Waals surface area (Å²) in [6, 6.07) is 16.7. The van der Waals surface area contributed by atoms with Gasteiger partial charge in [-0.25, -0.2) is 4.79 Å². The van der Waals surface area contributed by atoms with Gasteiger partial charge in [-0.2, -0.15) is 12.6 Å². The van der Waals surface area contributed by atoms with Crippen LogP contribution >= 0.6 is 12.6 Å². The van der Waals surface area contributed by atoms with E-state index in [1.807, 2.05) is 36.4 Å². The van der Waals surface area contributed by atoms with Crippen LogP contribution in [0, 0.1) is 0 Å². The second-order valence-electron chi connectivity index (χ2n) is 9.68. The quantitative estimate of drug-likeness (QED) is 0.263. The zero-order valence-corrected chi connectivity index (χ0v) is 22.4. The molecule has 0 radical (unpaired) electrons. The summed E-state index contributed by atoms with van der Waals surface area (Å²) in [5, 5.41) is 26.9. The Morgan fingerprint density at radius 2 is 1.66 bits per heavy atom. The average molecular weight is 540 g/mol. The van der Waals surface area contributed by atoms with Crippen molar-refractivity contribution in [3.8, 4) is 5.75 Å². The number of benzene rings is 3. The highest BCUT2D eigenvalue weighted by Crippen LogP contribution is 2.27. The third kappa shape index (κ3) is 7.62. The Hall–Kier alpha value is -3.76. The summed E-state index contributed by atoms with van der Waals surface area (Å²) in [5.41, 5.74) is 0.137. The van der Waals surface area contributed by atoms with Gasteiger partial charge in [-0.15, -0.1) is 0 Å². The van der Waals surface area contributed by atoms with Gasteiger partial charge in [0.1, 0.15) is 23.4 Å². The summed E-state index contributed by atoms with van der Waals surface area (Å²) in [6.45, 7) is 4.45. The Balaban J connectivity index is 1.95. The molecule has 3 amide bonds. The van der Waals surface area contributed by atoms with Crippen molar-refractivity contribution in [1.82, 2.24) is 10.2 Å². The van der Waals surface area contributed by atoms with Crippen molar-refractivity contribution >= 4 is 47.0 Å². The lowest BCUT2D eigenvalue weighted by molar-refractivity contribution is -0.140. The number of fused-ring (bicyclic) bond motifs is 1. The first kappa shape index (κ1) is 28.8. The van der Waals surface area contributed by atoms with Gasteiger partial charge < -0.3 is 30.5 Å². The Morgan fingerprint density at radius 3 is 2.26 bits per heavy atom. The largest absolute Gasteiger partial charge is 0.508 e. The van der Waals surface area contributed by atoms with Crippen molar-refractivity contribution in [1.29, 1.82) is 0 Å². The van der Waals surface area contributed by atoms with Crippen molar-refractivity contribution in [2.75, 3.05) is 24.2 Å². The van der Waals surface area contributed by atoms with E-state index in [1.165, 1.54) is 29.2 Å². The lowest BCUT2D eigenvalue weighted by Gasteiger charge is -2.33. The van der Waals surface area contributed by atoms with Gasteiger partial charge >= 0.3 is 6.09 Å². The Bertz CT molecular complexity index is 1280. The molecule has 10 heteroatoms. The summed E-state index contributed by atoms with van der Waals surface area (Å²) in [4.78, 5) is 40.9. The van der Waals surface area contributed by atoms with Gasteiger partial charge in [0.2, 0.25) is 5.91 Å². The number of amides is 3. The number of carbonyl (C=O) groups excluding carboxylic acids is 3. The number of thiol groups is 1. The van der Waals surface area contributed by atoms with Crippen LogP contribution in [-0.2, 0) is 14.3 Å². The fourth-order valence-electron chi connectivity index (χ4n) is 3.92. The second kappa shape index (κ2) is 12.7. The molecule has 0 saturated heterocycles. The standard InChI is InChI=1S/C28H33N3O6S/c1-28(2,3)37-27(36)30-23(17-38)26(35)31(14-15-32)24(19-9-12-22(33)13-10-19)25(34)29-21-11-8-18-6-4-5-7-20(18)16-21/h4-13,16,23-24,32-33,38H,14-15,17H2,1-3H3,(H,29,34)(H,30,36). The summed E-state index contributed by atoms with van der Waals surface area (Å²) >= 11 is 4.23. The van der Waals surface area contributed by atoms with E-state index in [9.17, 15) is 24.6 Å². The maximum absolute atomic E-state index is 13.7. The molecule has 9 nitrogen and oxygen atoms in total. The van der Waals surface area contributed by atoms with Gasteiger partial charge in [-0.05, 0) is 61.4 Å². The molecule has 3 aromatic rings. The summed E-state index contributed by atoms with van der Waals surface area (Å²) in [5.74, 6) is -1.26. The number of rotatable bonds is 9. The highest BCUT2D eigenvalue weighted by molar-refractivity contribution is 7.80. The van der Waals surface area contributed by atoms with Gasteiger partial charge in [0, 0.05) is 18.0 Å². The molecule has 0 bridgehead atoms. The van der Waals surface area contributed by atoms with Crippen LogP contribution in [0.3, 0.4) is 0 Å². The number of anilines is 1. The van der Waals surface area contributed by atoms with E-state index in [2.05, 4.69) is 23.3 Å². The fourth-order valence-corrected chi connectivity index (χ4v) is 4.16. The lowest BCUT2D eigenvalue weighted by atomic mass is 10.0. The van der Waals surface area contributed by atoms with E-state index in [4.69, 9.17) is 4.74 Å². The minimum atomic E-state index is -1.19. The molecule has 38 heavy (non-hydrogen) atoms. The van der Waals surface area contributed by atoms with Crippen molar-refractivity contribution in [2.45, 2.75) is 38.5 Å². The normalized spacial score (nSPS) is 12.9. The van der Waals surface area contributed by atoms with Gasteiger partial charge in [-0.3, -0.25) is 9.59 Å². The van der Waals surface area contributed by atoms with E-state index in [-0.39, 0.29) is 18.0 Å². The van der Waals surface area contributed by atoms with Crippen LogP contribution in [0.1, 0.15) is 32.4 Å². The molecule has 0 spiro atoms. The van der Waals surface area contributed by atoms with Crippen LogP contribution < -0.4 is 10.6 Å². The minimum absolute atomic E-state index is 0.0118. The number of aliphatic hydroxyl groups excluding tert-OH is 1. The van der Waals surface area contributed by atoms with Crippen molar-refractivity contribution < 1.29 is 29.3 Å². The molecule has 0 aromatic heterocycles. The molecule has 202 valence electrons. The van der Waals surface area contributed by atoms with Crippen LogP contribution in [0.4, 0.5) is 10.5 Å². The van der Waals surface area contributed by atoms with Crippen molar-refractivity contribution in [3.63, 3.8) is 0 Å². The number of nitrogens with one attached hydrogen (secondary N) is 2. The molecule has 2 atom stereocenters. The van der Waals surface area contributed by atoms with Crippen molar-refractivity contribution in [3.05, 3.63) is 72.3 Å². The third-order valence-corrected chi connectivity index (χ3v) is 5.95. The number of phenols is 1. The molecular formula is C28H33N3O6S. The number of aromatic hydroxyl groups is 1. The Morgan fingerprint density at radius 1 is 1.00 bits per heavy atom. The molecule has 0 heterocycles. The number of hydrogen-bond acceptors (Lipinski definition) is 7. The molecule has 4 N–H and O–H groups in total. The first-order chi connectivity index (χ1) is 18.0. The molecule has 3 aromatic carbocycles. The molecule has 0 fully saturated rings. The Labute approximate surface area is 227 Å². The average Bonchev–Trinajstić information content (AvgIpc) is 2.86. The van der Waals surface area contributed by atoms with Crippen LogP contribution in [-0.4, -0.2) is 63.6 Å². The summed E-state index contributed by atoms with van der Waals surface area (Å²) in [7, 11) is 0. The minimum Gasteiger partial charge on any atom is -0.508 e. The smallest absolute Gasteiger partial charge is 0.408 e. The van der Waals surface area contributed by atoms with Gasteiger partial charge in [0.05, 0.1) is 6.61 Å². The highest BCUT2D eigenvalue weighted by Gasteiger charge is 2.35. The SMILES string of the molecule is CC(C)(C)OC(=O)NC(CS)C(=O)N(CCO)C(C(=O)Nc1ccc2ccccc2c1)c1ccc(O)cc1. The molecule has 2 unspecified atom stereocenters. The summed E-state index contributed by atoms with van der Waals surface area (Å²) < 4.78 is 5.27. The zero-order chi connectivity index (χ0) is 27.9. The molecule has 3 rings (SSSR count). The van der Waals surface area contributed by atoms with E-state index in [1.54, 1.807) is 26.8 Å². The van der Waals surface area contributed by atoms with Gasteiger partial charge in [-0.1, -0.05) is 42.5 Å². The van der Waals surface area contributed by atoms with Gasteiger partial charge in [0.15, 0.2) is 0 Å². The highest BCUT2D eigenvalue weighted by atomic mass is 32.1. The lowest BCUT2D eigenvalue weighted by Crippen LogP contribution is -2.53. The number of carbonyl (C=O) groups is 3. The molecule has 0 aliphatic heterocycles. The number of alkyl carbamates (subject to hydrolysis) is 1. The molecule has 0 aliphatic carbocycles. The predicted octanol–water partition coefficient (Wildman–Crippen LogP) is 3.87. The number of nitrogens with zero attached hydrogens (tertiary/aromatic N) is 1. The van der Waals surface area contributed by atoms with E-state index >= 15 is 0 Å². The first-order valence-electron chi connectivity index (χ1n) is 12.1. The van der Waals surface area contributed by atoms with E-state index in [0.29, 0.717) is 11.3 Å². The van der Waals surface area contributed by atoms with Crippen LogP contribution in [0.2, 0.25) is 0 Å². The molecule has 0 saturated carbocycles. The Kier molecular flexibility index (Phi) is 9.60. The second-order valence-corrected chi connectivity index (χ2v) is 10.0.